The molecule has 12 heteroatoms. The number of nitrogens with one attached hydrogen (secondary N) is 1. The van der Waals surface area contributed by atoms with Crippen molar-refractivity contribution < 1.29 is 32.4 Å². The number of benzene rings is 1. The number of hydrogen-bond acceptors (Lipinski definition) is 6. The van der Waals surface area contributed by atoms with Crippen LogP contribution in [0.2, 0.25) is 0 Å². The highest BCUT2D eigenvalue weighted by molar-refractivity contribution is 5.94. The van der Waals surface area contributed by atoms with Gasteiger partial charge in [-0.3, -0.25) is 24.4 Å². The first kappa shape index (κ1) is 19.9. The zero-order chi connectivity index (χ0) is 20.2. The molecular weight excluding hydrogens is 373 g/mol. The molecule has 1 heterocycles. The normalized spacial score (nSPS) is 11.1. The van der Waals surface area contributed by atoms with Crippen LogP contribution in [0.5, 0.6) is 0 Å². The van der Waals surface area contributed by atoms with Crippen molar-refractivity contribution in [1.29, 1.82) is 0 Å². The van der Waals surface area contributed by atoms with Crippen LogP contribution in [-0.4, -0.2) is 33.2 Å². The minimum Gasteiger partial charge on any atom is -0.454 e. The third-order valence-electron chi connectivity index (χ3n) is 3.21. The molecule has 0 aliphatic carbocycles. The van der Waals surface area contributed by atoms with Gasteiger partial charge in [0.25, 0.3) is 11.6 Å². The van der Waals surface area contributed by atoms with E-state index in [4.69, 9.17) is 0 Å². The molecule has 27 heavy (non-hydrogen) atoms. The van der Waals surface area contributed by atoms with Gasteiger partial charge in [-0.1, -0.05) is 6.07 Å². The molecule has 1 amide bonds. The van der Waals surface area contributed by atoms with Gasteiger partial charge in [0.2, 0.25) is 0 Å². The number of halogens is 3. The first-order valence-electron chi connectivity index (χ1n) is 7.37. The van der Waals surface area contributed by atoms with E-state index in [0.29, 0.717) is 16.3 Å². The molecule has 0 radical (unpaired) electrons. The summed E-state index contributed by atoms with van der Waals surface area (Å²) in [5.41, 5.74) is -0.956. The summed E-state index contributed by atoms with van der Waals surface area (Å²) in [6.45, 7) is 0.241. The number of rotatable bonds is 6. The maximum atomic E-state index is 12.4. The number of ether oxygens (including phenoxy) is 1. The highest BCUT2D eigenvalue weighted by Gasteiger charge is 2.33. The summed E-state index contributed by atoms with van der Waals surface area (Å²) in [6, 6.07) is 4.83. The average molecular weight is 386 g/mol. The van der Waals surface area contributed by atoms with Gasteiger partial charge in [0.05, 0.1) is 4.92 Å². The molecule has 2 aromatic rings. The van der Waals surface area contributed by atoms with E-state index in [-0.39, 0.29) is 11.4 Å². The Hall–Kier alpha value is -3.44. The molecule has 2 rings (SSSR count). The van der Waals surface area contributed by atoms with Crippen molar-refractivity contribution in [3.8, 4) is 0 Å². The summed E-state index contributed by atoms with van der Waals surface area (Å²) < 4.78 is 42.6. The van der Waals surface area contributed by atoms with E-state index < -0.39 is 41.8 Å². The monoisotopic (exact) mass is 386 g/mol. The Kier molecular flexibility index (Phi) is 5.78. The van der Waals surface area contributed by atoms with Crippen molar-refractivity contribution in [2.24, 2.45) is 0 Å². The Morgan fingerprint density at radius 1 is 1.33 bits per heavy atom. The lowest BCUT2D eigenvalue weighted by Gasteiger charge is -2.08. The van der Waals surface area contributed by atoms with Crippen molar-refractivity contribution >= 4 is 23.3 Å². The zero-order valence-corrected chi connectivity index (χ0v) is 13.8. The summed E-state index contributed by atoms with van der Waals surface area (Å²) in [4.78, 5) is 33.7. The van der Waals surface area contributed by atoms with Crippen molar-refractivity contribution in [1.82, 2.24) is 9.78 Å². The van der Waals surface area contributed by atoms with Gasteiger partial charge in [-0.15, -0.1) is 0 Å². The lowest BCUT2D eigenvalue weighted by atomic mass is 10.2. The van der Waals surface area contributed by atoms with Crippen LogP contribution in [0.1, 0.15) is 11.3 Å². The number of nitrogens with zero attached hydrogens (tertiary/aromatic N) is 3. The van der Waals surface area contributed by atoms with Crippen LogP contribution in [0.3, 0.4) is 0 Å². The molecule has 144 valence electrons. The minimum absolute atomic E-state index is 0.0754. The second-order valence-corrected chi connectivity index (χ2v) is 5.38. The SMILES string of the molecule is Cc1ccc(NC(=O)COC(=O)Cn2ccc(C(F)(F)F)n2)c([N+](=O)[O-])c1. The molecule has 0 saturated carbocycles. The Labute approximate surface area is 149 Å². The van der Waals surface area contributed by atoms with Crippen LogP contribution in [0.25, 0.3) is 0 Å². The summed E-state index contributed by atoms with van der Waals surface area (Å²) >= 11 is 0. The molecule has 1 aromatic carbocycles. The summed E-state index contributed by atoms with van der Waals surface area (Å²) in [5, 5.41) is 16.4. The van der Waals surface area contributed by atoms with E-state index in [0.717, 1.165) is 6.20 Å². The Bertz CT molecular complexity index is 879. The first-order valence-corrected chi connectivity index (χ1v) is 7.37. The van der Waals surface area contributed by atoms with E-state index in [9.17, 15) is 32.9 Å². The van der Waals surface area contributed by atoms with Crippen LogP contribution < -0.4 is 5.32 Å². The Balaban J connectivity index is 1.89. The van der Waals surface area contributed by atoms with Gasteiger partial charge in [-0.25, -0.2) is 0 Å². The van der Waals surface area contributed by atoms with Crippen LogP contribution >= 0.6 is 0 Å². The van der Waals surface area contributed by atoms with Crippen molar-refractivity contribution in [3.63, 3.8) is 0 Å². The van der Waals surface area contributed by atoms with Gasteiger partial charge >= 0.3 is 12.1 Å². The first-order chi connectivity index (χ1) is 12.6. The molecule has 0 fully saturated rings. The zero-order valence-electron chi connectivity index (χ0n) is 13.8. The maximum Gasteiger partial charge on any atom is 0.435 e. The maximum absolute atomic E-state index is 12.4. The van der Waals surface area contributed by atoms with Crippen LogP contribution in [-0.2, 0) is 27.0 Å². The minimum atomic E-state index is -4.64. The fraction of sp³-hybridized carbons (Fsp3) is 0.267. The van der Waals surface area contributed by atoms with Crippen LogP contribution in [0.15, 0.2) is 30.5 Å². The van der Waals surface area contributed by atoms with E-state index in [1.54, 1.807) is 13.0 Å². The van der Waals surface area contributed by atoms with E-state index >= 15 is 0 Å². The molecule has 0 atom stereocenters. The number of anilines is 1. The third-order valence-corrected chi connectivity index (χ3v) is 3.21. The third kappa shape index (κ3) is 5.52. The van der Waals surface area contributed by atoms with Gasteiger partial charge < -0.3 is 10.1 Å². The molecular formula is C15H13F3N4O5. The number of carbonyl (C=O) groups excluding carboxylic acids is 2. The molecule has 0 aliphatic heterocycles. The average Bonchev–Trinajstić information content (AvgIpc) is 3.03. The van der Waals surface area contributed by atoms with Crippen molar-refractivity contribution in [2.75, 3.05) is 11.9 Å². The van der Waals surface area contributed by atoms with Gasteiger partial charge in [0, 0.05) is 12.3 Å². The second-order valence-electron chi connectivity index (χ2n) is 5.38. The van der Waals surface area contributed by atoms with E-state index in [2.05, 4.69) is 15.2 Å². The highest BCUT2D eigenvalue weighted by Crippen LogP contribution is 2.27. The number of carbonyl (C=O) groups is 2. The topological polar surface area (TPSA) is 116 Å². The highest BCUT2D eigenvalue weighted by atomic mass is 19.4. The number of amides is 1. The van der Waals surface area contributed by atoms with Crippen molar-refractivity contribution in [3.05, 3.63) is 51.8 Å². The molecule has 1 aromatic heterocycles. The fourth-order valence-corrected chi connectivity index (χ4v) is 2.01. The second kappa shape index (κ2) is 7.85. The number of nitro benzene ring substituents is 1. The van der Waals surface area contributed by atoms with E-state index in [1.807, 2.05) is 0 Å². The fourth-order valence-electron chi connectivity index (χ4n) is 2.01. The molecule has 0 unspecified atom stereocenters. The molecule has 9 nitrogen and oxygen atoms in total. The van der Waals surface area contributed by atoms with Gasteiger partial charge in [0.15, 0.2) is 12.3 Å². The summed E-state index contributed by atoms with van der Waals surface area (Å²) in [7, 11) is 0. The number of hydrogen-bond donors (Lipinski definition) is 1. The molecule has 1 N–H and O–H groups in total. The van der Waals surface area contributed by atoms with Gasteiger partial charge in [0.1, 0.15) is 12.2 Å². The number of aryl methyl sites for hydroxylation is 1. The predicted molar refractivity (Wildman–Crippen MR) is 84.7 cm³/mol. The lowest BCUT2D eigenvalue weighted by Crippen LogP contribution is -2.23. The lowest BCUT2D eigenvalue weighted by molar-refractivity contribution is -0.384. The Morgan fingerprint density at radius 2 is 2.04 bits per heavy atom. The Morgan fingerprint density at radius 3 is 2.63 bits per heavy atom. The standard InChI is InChI=1S/C15H13F3N4O5/c1-9-2-3-10(11(6-9)22(25)26)19-13(23)8-27-14(24)7-21-5-4-12(20-21)15(16,17)18/h2-6H,7-8H2,1H3,(H,19,23). The predicted octanol–water partition coefficient (Wildman–Crippen LogP) is 2.30. The number of esters is 1. The van der Waals surface area contributed by atoms with Gasteiger partial charge in [-0.05, 0) is 24.6 Å². The number of alkyl halides is 3. The van der Waals surface area contributed by atoms with Gasteiger partial charge in [-0.2, -0.15) is 18.3 Å². The molecule has 0 spiro atoms. The quantitative estimate of drug-likeness (QED) is 0.463. The molecule has 0 bridgehead atoms. The molecule has 0 aliphatic rings. The van der Waals surface area contributed by atoms with Crippen LogP contribution in [0.4, 0.5) is 24.5 Å². The van der Waals surface area contributed by atoms with Crippen molar-refractivity contribution in [2.45, 2.75) is 19.6 Å². The summed E-state index contributed by atoms with van der Waals surface area (Å²) in [5.74, 6) is -1.84. The number of aromatic nitrogens is 2. The number of nitro groups is 1. The van der Waals surface area contributed by atoms with Crippen LogP contribution in [0, 0.1) is 17.0 Å². The van der Waals surface area contributed by atoms with E-state index in [1.165, 1.54) is 12.1 Å². The largest absolute Gasteiger partial charge is 0.454 e. The smallest absolute Gasteiger partial charge is 0.435 e. The molecule has 0 saturated heterocycles. The summed E-state index contributed by atoms with van der Waals surface area (Å²) in [6.07, 6.45) is -3.70.